The van der Waals surface area contributed by atoms with Crippen LogP contribution in [-0.4, -0.2) is 20.1 Å². The Morgan fingerprint density at radius 1 is 1.20 bits per heavy atom. The molecule has 1 N–H and O–H groups in total. The van der Waals surface area contributed by atoms with Gasteiger partial charge in [0.2, 0.25) is 5.91 Å². The van der Waals surface area contributed by atoms with Gasteiger partial charge >= 0.3 is 0 Å². The van der Waals surface area contributed by atoms with E-state index in [4.69, 9.17) is 0 Å². The highest BCUT2D eigenvalue weighted by Crippen LogP contribution is 2.29. The first-order chi connectivity index (χ1) is 14.5. The number of carbonyl (C=O) groups excluding carboxylic acids is 1. The minimum atomic E-state index is -0.378. The van der Waals surface area contributed by atoms with Gasteiger partial charge in [0.1, 0.15) is 23.7 Å². The normalized spacial score (nSPS) is 16.0. The highest BCUT2D eigenvalue weighted by atomic mass is 19.1. The lowest BCUT2D eigenvalue weighted by atomic mass is 9.88. The van der Waals surface area contributed by atoms with Crippen molar-refractivity contribution in [1.29, 1.82) is 0 Å². The molecule has 6 nitrogen and oxygen atoms in total. The molecule has 0 saturated heterocycles. The Hall–Kier alpha value is -3.48. The molecular formula is C23H21FN4O2. The van der Waals surface area contributed by atoms with Gasteiger partial charge in [0, 0.05) is 5.39 Å². The summed E-state index contributed by atoms with van der Waals surface area (Å²) in [5.74, 6) is -0.0595. The van der Waals surface area contributed by atoms with E-state index in [0.717, 1.165) is 24.8 Å². The largest absolute Gasteiger partial charge is 0.348 e. The number of nitrogens with zero attached hydrogens (tertiary/aromatic N) is 3. The first-order valence-corrected chi connectivity index (χ1v) is 10.1. The van der Waals surface area contributed by atoms with Crippen molar-refractivity contribution in [2.75, 3.05) is 0 Å². The molecule has 2 aromatic carbocycles. The Labute approximate surface area is 171 Å². The number of halogens is 1. The Balaban J connectivity index is 1.46. The molecule has 2 aromatic heterocycles. The summed E-state index contributed by atoms with van der Waals surface area (Å²) in [5.41, 5.74) is 3.11. The summed E-state index contributed by atoms with van der Waals surface area (Å²) in [4.78, 5) is 25.7. The Kier molecular flexibility index (Phi) is 4.38. The number of hydrogen-bond donors (Lipinski definition) is 1. The molecule has 1 aliphatic rings. The molecular weight excluding hydrogens is 383 g/mol. The molecule has 0 fully saturated rings. The van der Waals surface area contributed by atoms with Crippen LogP contribution < -0.4 is 10.9 Å². The van der Waals surface area contributed by atoms with Gasteiger partial charge in [0.05, 0.1) is 11.6 Å². The van der Waals surface area contributed by atoms with Gasteiger partial charge in [-0.25, -0.2) is 9.07 Å². The molecule has 0 aliphatic heterocycles. The average Bonchev–Trinajstić information content (AvgIpc) is 3.11. The summed E-state index contributed by atoms with van der Waals surface area (Å²) < 4.78 is 16.5. The molecule has 0 spiro atoms. The third kappa shape index (κ3) is 3.07. The summed E-state index contributed by atoms with van der Waals surface area (Å²) >= 11 is 0. The van der Waals surface area contributed by atoms with Crippen molar-refractivity contribution in [3.63, 3.8) is 0 Å². The minimum absolute atomic E-state index is 0.0538. The van der Waals surface area contributed by atoms with Crippen LogP contribution in [0.1, 0.15) is 35.8 Å². The summed E-state index contributed by atoms with van der Waals surface area (Å²) in [6.07, 6.45) is 2.90. The van der Waals surface area contributed by atoms with Crippen molar-refractivity contribution < 1.29 is 9.18 Å². The number of amides is 1. The summed E-state index contributed by atoms with van der Waals surface area (Å²) in [6.45, 7) is 1.60. The highest BCUT2D eigenvalue weighted by Gasteiger charge is 2.22. The van der Waals surface area contributed by atoms with Crippen molar-refractivity contribution in [2.24, 2.45) is 0 Å². The van der Waals surface area contributed by atoms with E-state index < -0.39 is 0 Å². The van der Waals surface area contributed by atoms with E-state index in [0.29, 0.717) is 22.2 Å². The van der Waals surface area contributed by atoms with Gasteiger partial charge in [-0.2, -0.15) is 5.10 Å². The lowest BCUT2D eigenvalue weighted by Crippen LogP contribution is -2.37. The number of aryl methyl sites for hydroxylation is 2. The highest BCUT2D eigenvalue weighted by molar-refractivity contribution is 5.87. The number of carbonyl (C=O) groups is 1. The fraction of sp³-hybridized carbons (Fsp3) is 0.261. The van der Waals surface area contributed by atoms with Crippen LogP contribution in [0.15, 0.2) is 53.3 Å². The summed E-state index contributed by atoms with van der Waals surface area (Å²) in [5, 5.41) is 8.02. The maximum Gasteiger partial charge on any atom is 0.291 e. The van der Waals surface area contributed by atoms with Crippen LogP contribution in [0.2, 0.25) is 0 Å². The zero-order chi connectivity index (χ0) is 20.8. The number of hydrogen-bond acceptors (Lipinski definition) is 3. The summed E-state index contributed by atoms with van der Waals surface area (Å²) in [7, 11) is 0. The van der Waals surface area contributed by atoms with Gasteiger partial charge in [-0.3, -0.25) is 14.0 Å². The van der Waals surface area contributed by atoms with Crippen molar-refractivity contribution in [3.05, 3.63) is 81.7 Å². The fourth-order valence-corrected chi connectivity index (χ4v) is 4.48. The van der Waals surface area contributed by atoms with E-state index in [1.807, 2.05) is 18.2 Å². The Morgan fingerprint density at radius 2 is 2.03 bits per heavy atom. The molecule has 1 amide bonds. The zero-order valence-electron chi connectivity index (χ0n) is 16.6. The van der Waals surface area contributed by atoms with E-state index in [1.165, 1.54) is 22.4 Å². The minimum Gasteiger partial charge on any atom is -0.348 e. The van der Waals surface area contributed by atoms with Gasteiger partial charge in [-0.1, -0.05) is 24.3 Å². The maximum atomic E-state index is 13.6. The van der Waals surface area contributed by atoms with Crippen LogP contribution in [0, 0.1) is 12.7 Å². The third-order valence-electron chi connectivity index (χ3n) is 5.80. The Bertz CT molecular complexity index is 1350. The van der Waals surface area contributed by atoms with E-state index in [1.54, 1.807) is 23.5 Å². The van der Waals surface area contributed by atoms with E-state index in [2.05, 4.69) is 16.5 Å². The monoisotopic (exact) mass is 404 g/mol. The molecule has 30 heavy (non-hydrogen) atoms. The van der Waals surface area contributed by atoms with Crippen LogP contribution in [0.4, 0.5) is 4.39 Å². The molecule has 1 unspecified atom stereocenters. The number of nitrogens with one attached hydrogen (secondary N) is 1. The number of aromatic nitrogens is 3. The van der Waals surface area contributed by atoms with Crippen LogP contribution >= 0.6 is 0 Å². The molecule has 1 aliphatic carbocycles. The molecule has 0 radical (unpaired) electrons. The maximum absolute atomic E-state index is 13.6. The molecule has 2 heterocycles. The van der Waals surface area contributed by atoms with Gasteiger partial charge in [0.15, 0.2) is 0 Å². The predicted molar refractivity (Wildman–Crippen MR) is 112 cm³/mol. The molecule has 152 valence electrons. The van der Waals surface area contributed by atoms with Crippen molar-refractivity contribution >= 4 is 22.3 Å². The van der Waals surface area contributed by atoms with Crippen LogP contribution in [0.3, 0.4) is 0 Å². The molecule has 7 heteroatoms. The first kappa shape index (κ1) is 18.5. The number of fused-ring (bicyclic) bond motifs is 4. The van der Waals surface area contributed by atoms with Gasteiger partial charge in [0.25, 0.3) is 5.56 Å². The second-order valence-electron chi connectivity index (χ2n) is 7.79. The topological polar surface area (TPSA) is 68.4 Å². The Morgan fingerprint density at radius 3 is 2.90 bits per heavy atom. The van der Waals surface area contributed by atoms with E-state index >= 15 is 0 Å². The standard InChI is InChI=1S/C23H21FN4O2/c1-14-26-27(23(30)21-12-16-11-17(24)9-10-20(16)28(14)21)13-22(29)25-19-8-4-6-15-5-2-3-7-18(15)19/h2-3,5,7,9-12,19H,4,6,8,13H2,1H3,(H,25,29). The smallest absolute Gasteiger partial charge is 0.291 e. The van der Waals surface area contributed by atoms with Gasteiger partial charge in [-0.15, -0.1) is 0 Å². The molecule has 4 aromatic rings. The number of rotatable bonds is 3. The van der Waals surface area contributed by atoms with E-state index in [-0.39, 0.29) is 29.9 Å². The lowest BCUT2D eigenvalue weighted by Gasteiger charge is -2.26. The van der Waals surface area contributed by atoms with Gasteiger partial charge < -0.3 is 5.32 Å². The molecule has 1 atom stereocenters. The summed E-state index contributed by atoms with van der Waals surface area (Å²) in [6, 6.07) is 14.1. The predicted octanol–water partition coefficient (Wildman–Crippen LogP) is 3.29. The zero-order valence-corrected chi connectivity index (χ0v) is 16.6. The van der Waals surface area contributed by atoms with Crippen LogP contribution in [0.5, 0.6) is 0 Å². The van der Waals surface area contributed by atoms with Crippen molar-refractivity contribution in [2.45, 2.75) is 38.8 Å². The fourth-order valence-electron chi connectivity index (χ4n) is 4.48. The lowest BCUT2D eigenvalue weighted by molar-refractivity contribution is -0.122. The first-order valence-electron chi connectivity index (χ1n) is 10.1. The van der Waals surface area contributed by atoms with Crippen LogP contribution in [0.25, 0.3) is 16.4 Å². The number of benzene rings is 2. The SMILES string of the molecule is Cc1nn(CC(=O)NC2CCCc3ccccc32)c(=O)c2cc3cc(F)ccc3n12. The quantitative estimate of drug-likeness (QED) is 0.570. The molecule has 5 rings (SSSR count). The van der Waals surface area contributed by atoms with Gasteiger partial charge in [-0.05, 0) is 61.6 Å². The molecule has 0 bridgehead atoms. The second-order valence-corrected chi connectivity index (χ2v) is 7.79. The third-order valence-corrected chi connectivity index (χ3v) is 5.80. The van der Waals surface area contributed by atoms with E-state index in [9.17, 15) is 14.0 Å². The van der Waals surface area contributed by atoms with Crippen molar-refractivity contribution in [3.8, 4) is 0 Å². The van der Waals surface area contributed by atoms with Crippen molar-refractivity contribution in [1.82, 2.24) is 19.5 Å². The second kappa shape index (κ2) is 7.09. The van der Waals surface area contributed by atoms with Crippen LogP contribution in [-0.2, 0) is 17.8 Å². The molecule has 0 saturated carbocycles. The average molecular weight is 404 g/mol.